The lowest BCUT2D eigenvalue weighted by Gasteiger charge is -2.14. The molecule has 1 aliphatic rings. The summed E-state index contributed by atoms with van der Waals surface area (Å²) >= 11 is 0. The minimum atomic E-state index is 0.440. The molecule has 0 unspecified atom stereocenters. The second-order valence-electron chi connectivity index (χ2n) is 6.74. The van der Waals surface area contributed by atoms with Crippen molar-refractivity contribution < 1.29 is 9.47 Å². The second-order valence-corrected chi connectivity index (χ2v) is 6.74. The Labute approximate surface area is 166 Å². The largest absolute Gasteiger partial charge is 0.378 e. The molecule has 0 spiro atoms. The monoisotopic (exact) mass is 386 g/mol. The van der Waals surface area contributed by atoms with Crippen LogP contribution in [0.2, 0.25) is 0 Å². The third-order valence-electron chi connectivity index (χ3n) is 4.52. The van der Waals surface area contributed by atoms with E-state index < -0.39 is 0 Å². The predicted molar refractivity (Wildman–Crippen MR) is 110 cm³/mol. The van der Waals surface area contributed by atoms with E-state index in [1.165, 1.54) is 12.8 Å². The molecular formula is C20H30N6O2. The van der Waals surface area contributed by atoms with Crippen molar-refractivity contribution in [3.63, 3.8) is 0 Å². The molecule has 8 heteroatoms. The Morgan fingerprint density at radius 3 is 2.36 bits per heavy atom. The molecule has 4 N–H and O–H groups in total. The van der Waals surface area contributed by atoms with Crippen LogP contribution in [-0.4, -0.2) is 60.5 Å². The number of aromatic nitrogens is 3. The van der Waals surface area contributed by atoms with Gasteiger partial charge in [-0.1, -0.05) is 43.2 Å². The Hall–Kier alpha value is -2.29. The lowest BCUT2D eigenvalue weighted by atomic mass is 10.2. The van der Waals surface area contributed by atoms with Crippen LogP contribution in [0.25, 0.3) is 11.4 Å². The van der Waals surface area contributed by atoms with Gasteiger partial charge >= 0.3 is 0 Å². The first-order valence-electron chi connectivity index (χ1n) is 10.0. The van der Waals surface area contributed by atoms with Crippen molar-refractivity contribution in [3.8, 4) is 11.4 Å². The fraction of sp³-hybridized carbons (Fsp3) is 0.550. The maximum Gasteiger partial charge on any atom is 0.228 e. The van der Waals surface area contributed by atoms with Crippen molar-refractivity contribution in [2.75, 3.05) is 50.2 Å². The summed E-state index contributed by atoms with van der Waals surface area (Å²) < 4.78 is 10.8. The average Bonchev–Trinajstić information content (AvgIpc) is 3.23. The summed E-state index contributed by atoms with van der Waals surface area (Å²) in [4.78, 5) is 13.7. The van der Waals surface area contributed by atoms with Crippen LogP contribution < -0.4 is 16.4 Å². The van der Waals surface area contributed by atoms with Gasteiger partial charge in [-0.15, -0.1) is 0 Å². The summed E-state index contributed by atoms with van der Waals surface area (Å²) in [6.07, 6.45) is 4.84. The van der Waals surface area contributed by atoms with Gasteiger partial charge in [-0.05, 0) is 12.8 Å². The van der Waals surface area contributed by atoms with Crippen LogP contribution in [0.15, 0.2) is 30.3 Å². The molecule has 1 aromatic carbocycles. The lowest BCUT2D eigenvalue weighted by Crippen LogP contribution is -2.19. The first-order chi connectivity index (χ1) is 13.8. The van der Waals surface area contributed by atoms with Crippen molar-refractivity contribution in [3.05, 3.63) is 30.3 Å². The number of ether oxygens (including phenoxy) is 2. The van der Waals surface area contributed by atoms with Crippen LogP contribution in [0.1, 0.15) is 25.7 Å². The minimum absolute atomic E-state index is 0.440. The second kappa shape index (κ2) is 11.5. The van der Waals surface area contributed by atoms with E-state index in [0.717, 1.165) is 18.4 Å². The fourth-order valence-electron chi connectivity index (χ4n) is 3.13. The van der Waals surface area contributed by atoms with Crippen LogP contribution in [0.4, 0.5) is 11.9 Å². The molecule has 0 atom stereocenters. The van der Waals surface area contributed by atoms with Gasteiger partial charge in [0.2, 0.25) is 11.9 Å². The molecule has 0 amide bonds. The van der Waals surface area contributed by atoms with E-state index in [-0.39, 0.29) is 0 Å². The third-order valence-corrected chi connectivity index (χ3v) is 4.52. The standard InChI is InChI=1S/C20H30N6O2/c21-10-12-27-14-15-28-13-11-22-19-24-18(16-6-2-1-3-7-16)25-20(26-19)23-17-8-4-5-9-17/h1-3,6-7,17H,4-5,8-15,21H2,(H2,22,23,24,25,26). The number of rotatable bonds is 12. The first-order valence-corrected chi connectivity index (χ1v) is 10.0. The number of anilines is 2. The molecule has 2 aromatic rings. The van der Waals surface area contributed by atoms with Crippen molar-refractivity contribution in [1.82, 2.24) is 15.0 Å². The van der Waals surface area contributed by atoms with Gasteiger partial charge in [-0.2, -0.15) is 15.0 Å². The maximum atomic E-state index is 5.54. The van der Waals surface area contributed by atoms with Crippen LogP contribution in [0, 0.1) is 0 Å². The molecule has 3 rings (SSSR count). The summed E-state index contributed by atoms with van der Waals surface area (Å²) in [6.45, 7) is 3.34. The van der Waals surface area contributed by atoms with Crippen molar-refractivity contribution >= 4 is 11.9 Å². The number of nitrogens with two attached hydrogens (primary N) is 1. The zero-order valence-corrected chi connectivity index (χ0v) is 16.3. The quantitative estimate of drug-likeness (QED) is 0.477. The summed E-state index contributed by atoms with van der Waals surface area (Å²) in [5, 5.41) is 6.70. The van der Waals surface area contributed by atoms with Crippen LogP contribution >= 0.6 is 0 Å². The van der Waals surface area contributed by atoms with E-state index >= 15 is 0 Å². The minimum Gasteiger partial charge on any atom is -0.378 e. The summed E-state index contributed by atoms with van der Waals surface area (Å²) in [7, 11) is 0. The van der Waals surface area contributed by atoms with Crippen molar-refractivity contribution in [1.29, 1.82) is 0 Å². The molecule has 1 aliphatic carbocycles. The summed E-state index contributed by atoms with van der Waals surface area (Å²) in [5.41, 5.74) is 6.34. The molecule has 28 heavy (non-hydrogen) atoms. The molecule has 0 radical (unpaired) electrons. The molecule has 0 aliphatic heterocycles. The Morgan fingerprint density at radius 2 is 1.61 bits per heavy atom. The Balaban J connectivity index is 1.57. The van der Waals surface area contributed by atoms with Gasteiger partial charge < -0.3 is 25.8 Å². The predicted octanol–water partition coefficient (Wildman–Crippen LogP) is 2.30. The maximum absolute atomic E-state index is 5.54. The number of hydrogen-bond acceptors (Lipinski definition) is 8. The summed E-state index contributed by atoms with van der Waals surface area (Å²) in [5.74, 6) is 1.84. The molecular weight excluding hydrogens is 356 g/mol. The number of benzene rings is 1. The number of hydrogen-bond donors (Lipinski definition) is 3. The van der Waals surface area contributed by atoms with E-state index in [1.54, 1.807) is 0 Å². The zero-order chi connectivity index (χ0) is 19.4. The van der Waals surface area contributed by atoms with E-state index in [0.29, 0.717) is 63.3 Å². The van der Waals surface area contributed by atoms with Gasteiger partial charge in [0.25, 0.3) is 0 Å². The fourth-order valence-corrected chi connectivity index (χ4v) is 3.13. The van der Waals surface area contributed by atoms with Gasteiger partial charge in [0.15, 0.2) is 5.82 Å². The first kappa shape index (κ1) is 20.4. The van der Waals surface area contributed by atoms with E-state index in [4.69, 9.17) is 15.2 Å². The van der Waals surface area contributed by atoms with Crippen LogP contribution in [0.3, 0.4) is 0 Å². The Morgan fingerprint density at radius 1 is 0.893 bits per heavy atom. The summed E-state index contributed by atoms with van der Waals surface area (Å²) in [6, 6.07) is 10.4. The molecule has 8 nitrogen and oxygen atoms in total. The van der Waals surface area contributed by atoms with Gasteiger partial charge in [-0.25, -0.2) is 0 Å². The van der Waals surface area contributed by atoms with E-state index in [9.17, 15) is 0 Å². The van der Waals surface area contributed by atoms with Gasteiger partial charge in [0.1, 0.15) is 0 Å². The third kappa shape index (κ3) is 6.70. The highest BCUT2D eigenvalue weighted by atomic mass is 16.5. The average molecular weight is 387 g/mol. The van der Waals surface area contributed by atoms with Crippen LogP contribution in [-0.2, 0) is 9.47 Å². The molecule has 1 saturated carbocycles. The lowest BCUT2D eigenvalue weighted by molar-refractivity contribution is 0.0547. The normalized spacial score (nSPS) is 14.3. The van der Waals surface area contributed by atoms with Gasteiger partial charge in [0.05, 0.1) is 26.4 Å². The Kier molecular flexibility index (Phi) is 8.42. The number of nitrogens with one attached hydrogen (secondary N) is 2. The van der Waals surface area contributed by atoms with Gasteiger partial charge in [-0.3, -0.25) is 0 Å². The smallest absolute Gasteiger partial charge is 0.228 e. The molecule has 1 fully saturated rings. The highest BCUT2D eigenvalue weighted by Gasteiger charge is 2.17. The molecule has 0 bridgehead atoms. The SMILES string of the molecule is NCCOCCOCCNc1nc(NC2CCCC2)nc(-c2ccccc2)n1. The van der Waals surface area contributed by atoms with E-state index in [1.807, 2.05) is 30.3 Å². The zero-order valence-electron chi connectivity index (χ0n) is 16.3. The highest BCUT2D eigenvalue weighted by Crippen LogP contribution is 2.23. The van der Waals surface area contributed by atoms with E-state index in [2.05, 4.69) is 25.6 Å². The molecule has 152 valence electrons. The molecule has 0 saturated heterocycles. The van der Waals surface area contributed by atoms with Crippen molar-refractivity contribution in [2.45, 2.75) is 31.7 Å². The molecule has 1 aromatic heterocycles. The highest BCUT2D eigenvalue weighted by molar-refractivity contribution is 5.57. The number of nitrogens with zero attached hydrogens (tertiary/aromatic N) is 3. The molecule has 1 heterocycles. The van der Waals surface area contributed by atoms with Gasteiger partial charge in [0, 0.05) is 24.7 Å². The van der Waals surface area contributed by atoms with Crippen LogP contribution in [0.5, 0.6) is 0 Å². The Bertz CT molecular complexity index is 694. The van der Waals surface area contributed by atoms with Crippen molar-refractivity contribution in [2.24, 2.45) is 5.73 Å². The topological polar surface area (TPSA) is 107 Å².